The van der Waals surface area contributed by atoms with Crippen molar-refractivity contribution in [1.82, 2.24) is 38.2 Å². The fourth-order valence-electron chi connectivity index (χ4n) is 15.5. The molecule has 17 aromatic rings. The molecule has 8 nitrogen and oxygen atoms in total. The van der Waals surface area contributed by atoms with Gasteiger partial charge in [0.25, 0.3) is 0 Å². The maximum atomic E-state index is 4.92. The van der Waals surface area contributed by atoms with E-state index >= 15 is 0 Å². The second-order valence-electron chi connectivity index (χ2n) is 31.1. The van der Waals surface area contributed by atoms with Crippen LogP contribution in [0.2, 0.25) is 0 Å². The van der Waals surface area contributed by atoms with Gasteiger partial charge in [-0.2, -0.15) is 0 Å². The molecule has 0 amide bonds. The molecular weight excluding hydrogens is 1480 g/mol. The quantitative estimate of drug-likeness (QED) is 0.108. The maximum Gasteiger partial charge on any atom is 0.110 e. The zero-order valence-corrected chi connectivity index (χ0v) is 72.6. The second kappa shape index (κ2) is 38.1. The Hall–Kier alpha value is -15.1. The van der Waals surface area contributed by atoms with Gasteiger partial charge < -0.3 is 18.3 Å². The predicted octanol–water partition coefficient (Wildman–Crippen LogP) is 27.4. The minimum atomic E-state index is 0.981. The van der Waals surface area contributed by atoms with Crippen LogP contribution in [0.25, 0.3) is 140 Å². The van der Waals surface area contributed by atoms with E-state index in [4.69, 9.17) is 4.98 Å². The van der Waals surface area contributed by atoms with Gasteiger partial charge in [0.15, 0.2) is 0 Å². The fourth-order valence-corrected chi connectivity index (χ4v) is 15.5. The molecular formula is C114H100N8. The van der Waals surface area contributed by atoms with Gasteiger partial charge in [0.1, 0.15) is 23.3 Å². The van der Waals surface area contributed by atoms with Crippen molar-refractivity contribution >= 4 is 0 Å². The Morgan fingerprint density at radius 2 is 0.418 bits per heavy atom. The molecule has 0 fully saturated rings. The van der Waals surface area contributed by atoms with Crippen molar-refractivity contribution in [3.63, 3.8) is 0 Å². The van der Waals surface area contributed by atoms with Crippen LogP contribution in [-0.4, -0.2) is 38.2 Å². The Morgan fingerprint density at radius 1 is 0.205 bits per heavy atom. The Kier molecular flexibility index (Phi) is 26.1. The number of rotatable bonds is 13. The Balaban J connectivity index is 0.000000133. The zero-order chi connectivity index (χ0) is 85.5. The molecule has 0 aliphatic carbocycles. The summed E-state index contributed by atoms with van der Waals surface area (Å²) >= 11 is 0. The highest BCUT2D eigenvalue weighted by Crippen LogP contribution is 2.37. The number of hydrogen-bond donors (Lipinski definition) is 0. The third-order valence-electron chi connectivity index (χ3n) is 21.8. The molecule has 0 bridgehead atoms. The summed E-state index contributed by atoms with van der Waals surface area (Å²) in [6.45, 7) is 26.3. The van der Waals surface area contributed by atoms with Gasteiger partial charge in [0.2, 0.25) is 0 Å². The van der Waals surface area contributed by atoms with E-state index in [2.05, 4.69) is 432 Å². The summed E-state index contributed by atoms with van der Waals surface area (Å²) in [6.07, 6.45) is 8.39. The van der Waals surface area contributed by atoms with Gasteiger partial charge in [0, 0.05) is 90.4 Å². The van der Waals surface area contributed by atoms with Crippen LogP contribution in [-0.2, 0) is 21.1 Å². The van der Waals surface area contributed by atoms with E-state index in [9.17, 15) is 0 Å². The first-order valence-corrected chi connectivity index (χ1v) is 41.3. The first-order valence-electron chi connectivity index (χ1n) is 41.3. The molecule has 17 rings (SSSR count). The fraction of sp³-hybridized carbons (Fsp3) is 0.140. The van der Waals surface area contributed by atoms with Crippen molar-refractivity contribution in [3.05, 3.63) is 389 Å². The summed E-state index contributed by atoms with van der Waals surface area (Å²) < 4.78 is 8.37. The molecule has 0 saturated heterocycles. The second-order valence-corrected chi connectivity index (χ2v) is 31.1. The highest BCUT2D eigenvalue weighted by atomic mass is 15.1. The van der Waals surface area contributed by atoms with Crippen LogP contribution < -0.4 is 0 Å². The molecule has 596 valence electrons. The van der Waals surface area contributed by atoms with E-state index in [0.29, 0.717) is 0 Å². The topological polar surface area (TPSA) is 71.3 Å². The first-order chi connectivity index (χ1) is 59.1. The van der Waals surface area contributed by atoms with E-state index in [1.807, 2.05) is 75.7 Å². The van der Waals surface area contributed by atoms with Crippen LogP contribution in [0.3, 0.4) is 0 Å². The Bertz CT molecular complexity index is 6730. The largest absolute Gasteiger partial charge is 0.338 e. The van der Waals surface area contributed by atoms with E-state index in [0.717, 1.165) is 90.6 Å². The van der Waals surface area contributed by atoms with Gasteiger partial charge in [-0.3, -0.25) is 0 Å². The smallest absolute Gasteiger partial charge is 0.110 e. The van der Waals surface area contributed by atoms with Crippen LogP contribution in [0.1, 0.15) is 101 Å². The highest BCUT2D eigenvalue weighted by molar-refractivity contribution is 5.82. The lowest BCUT2D eigenvalue weighted by Gasteiger charge is -2.11. The van der Waals surface area contributed by atoms with Gasteiger partial charge in [-0.1, -0.05) is 218 Å². The predicted molar refractivity (Wildman–Crippen MR) is 511 cm³/mol. The van der Waals surface area contributed by atoms with Crippen molar-refractivity contribution in [2.24, 2.45) is 21.1 Å². The molecule has 122 heavy (non-hydrogen) atoms. The van der Waals surface area contributed by atoms with Crippen molar-refractivity contribution in [2.75, 3.05) is 0 Å². The average molecular weight is 1580 g/mol. The summed E-state index contributed by atoms with van der Waals surface area (Å²) in [5.41, 5.74) is 39.2. The van der Waals surface area contributed by atoms with Crippen LogP contribution in [0, 0.1) is 110 Å². The number of hydrogen-bond acceptors (Lipinski definition) is 4. The lowest BCUT2D eigenvalue weighted by atomic mass is 9.95. The molecule has 0 saturated carbocycles. The van der Waals surface area contributed by atoms with Gasteiger partial charge in [0.05, 0.1) is 28.5 Å². The summed E-state index contributed by atoms with van der Waals surface area (Å²) in [5, 5.41) is 0. The molecule has 0 aliphatic heterocycles. The summed E-state index contributed by atoms with van der Waals surface area (Å²) in [4.78, 5) is 18.9. The minimum Gasteiger partial charge on any atom is -0.338 e. The minimum absolute atomic E-state index is 0.981. The van der Waals surface area contributed by atoms with E-state index in [-0.39, 0.29) is 0 Å². The average Bonchev–Trinajstić information content (AvgIpc) is 1.64. The molecule has 0 spiro atoms. The van der Waals surface area contributed by atoms with Crippen LogP contribution >= 0.6 is 0 Å². The normalized spacial score (nSPS) is 10.5. The Morgan fingerprint density at radius 3 is 0.721 bits per heavy atom. The highest BCUT2D eigenvalue weighted by Gasteiger charge is 2.17. The van der Waals surface area contributed by atoms with Gasteiger partial charge in [-0.25, -0.2) is 19.9 Å². The number of para-hydroxylation sites is 1. The van der Waals surface area contributed by atoms with Crippen molar-refractivity contribution in [2.45, 2.75) is 90.0 Å². The van der Waals surface area contributed by atoms with Crippen molar-refractivity contribution in [3.8, 4) is 187 Å². The maximum absolute atomic E-state index is 4.92. The summed E-state index contributed by atoms with van der Waals surface area (Å²) in [5.74, 6) is 28.6. The lowest BCUT2D eigenvalue weighted by molar-refractivity contribution is 0.858. The van der Waals surface area contributed by atoms with E-state index < -0.39 is 0 Å². The van der Waals surface area contributed by atoms with Crippen LogP contribution in [0.5, 0.6) is 0 Å². The third kappa shape index (κ3) is 20.2. The molecule has 13 aromatic carbocycles. The SMILES string of the molecule is CC#Cc1cc(C)cc(-c2cccc(-c3cccc(-c4cn(C)c(C)n4)c3)c2)c1.CC#Cc1cccc(-c2cc(C)cc(-c3cccc(-c4cn(C)c(C)n4)c3)c2)c1.CC#Cc1cccc(-c2cc(C)cc(-c3cccc(-c4cn(C)c(C)n4)c3)c2)c1.CC#Cc1cccc(-c2cccc(-c3cccc(-c4cn(-c5c(C)cccc5C)c(C)n4)c3)c2)c1. The molecule has 0 unspecified atom stereocenters. The molecule has 4 aromatic heterocycles. The number of aryl methyl sites for hydroxylation is 12. The number of aromatic nitrogens is 8. The molecule has 0 atom stereocenters. The van der Waals surface area contributed by atoms with Crippen LogP contribution in [0.4, 0.5) is 0 Å². The number of nitrogens with zero attached hydrogens (tertiary/aromatic N) is 8. The molecule has 4 heterocycles. The summed E-state index contributed by atoms with van der Waals surface area (Å²) in [6, 6.07) is 103. The van der Waals surface area contributed by atoms with E-state index in [1.165, 1.54) is 123 Å². The zero-order valence-electron chi connectivity index (χ0n) is 72.6. The third-order valence-corrected chi connectivity index (χ3v) is 21.8. The Labute approximate surface area is 721 Å². The van der Waals surface area contributed by atoms with Gasteiger partial charge >= 0.3 is 0 Å². The monoisotopic (exact) mass is 1580 g/mol. The summed E-state index contributed by atoms with van der Waals surface area (Å²) in [7, 11) is 6.08. The van der Waals surface area contributed by atoms with Gasteiger partial charge in [-0.15, -0.1) is 23.7 Å². The molecule has 0 aliphatic rings. The van der Waals surface area contributed by atoms with Crippen molar-refractivity contribution in [1.29, 1.82) is 0 Å². The number of benzene rings is 13. The number of imidazole rings is 4. The van der Waals surface area contributed by atoms with Crippen LogP contribution in [0.15, 0.2) is 316 Å². The first kappa shape index (κ1) is 83.4. The van der Waals surface area contributed by atoms with Gasteiger partial charge in [-0.05, 0) is 304 Å². The standard InChI is InChI=1S/C33H28N2.3C27H24N2/c1-5-10-26-13-7-14-27(19-26)28-15-8-16-29(20-28)30-17-9-18-31(21-30)32-22-35(25(4)34-32)33-23(2)11-6-12-24(33)3;1-5-8-21-13-19(2)14-26(15-21)24-11-6-9-22(16-24)23-10-7-12-25(17-23)27-18-29(4)20(3)28-27;2*1-5-8-21-9-6-10-22(15-21)25-13-19(2)14-26(17-25)23-11-7-12-24(16-23)27-18-29(4)20(3)28-27/h6-9,11-22H,1-4H3;3*6-7,9-18H,1-4H3. The molecule has 0 N–H and O–H groups in total. The molecule has 0 radical (unpaired) electrons. The van der Waals surface area contributed by atoms with E-state index in [1.54, 1.807) is 0 Å². The van der Waals surface area contributed by atoms with Crippen molar-refractivity contribution < 1.29 is 0 Å². The lowest BCUT2D eigenvalue weighted by Crippen LogP contribution is -2.00. The molecule has 8 heteroatoms.